The minimum absolute atomic E-state index is 0.158. The molecule has 4 aromatic carbocycles. The lowest BCUT2D eigenvalue weighted by Gasteiger charge is -2.40. The smallest absolute Gasteiger partial charge is 0.291 e. The second-order valence-corrected chi connectivity index (χ2v) is 14.0. The van der Waals surface area contributed by atoms with Crippen LogP contribution < -0.4 is 10.2 Å². The fourth-order valence-electron chi connectivity index (χ4n) is 5.88. The number of sulfone groups is 1. The van der Waals surface area contributed by atoms with E-state index >= 15 is 0 Å². The number of hydrogen-bond donors (Lipinski definition) is 1. The van der Waals surface area contributed by atoms with Crippen molar-refractivity contribution in [2.45, 2.75) is 42.5 Å². The van der Waals surface area contributed by atoms with E-state index in [4.69, 9.17) is 33.3 Å². The molecule has 0 bridgehead atoms. The van der Waals surface area contributed by atoms with Gasteiger partial charge in [0.25, 0.3) is 5.91 Å². The number of carbonyl (C=O) groups is 1. The van der Waals surface area contributed by atoms with Crippen LogP contribution >= 0.6 is 23.2 Å². The molecule has 1 amide bonds. The van der Waals surface area contributed by atoms with E-state index in [0.717, 1.165) is 16.8 Å². The number of aryl methyl sites for hydroxylation is 1. The molecule has 8 nitrogen and oxygen atoms in total. The number of amidine groups is 1. The number of carbonyl (C=O) groups excluding carboxylic acids is 1. The zero-order chi connectivity index (χ0) is 31.6. The summed E-state index contributed by atoms with van der Waals surface area (Å²) in [6.07, 6.45) is 0. The van der Waals surface area contributed by atoms with Gasteiger partial charge in [-0.25, -0.2) is 18.1 Å². The van der Waals surface area contributed by atoms with Crippen LogP contribution in [0.3, 0.4) is 0 Å². The van der Waals surface area contributed by atoms with Gasteiger partial charge in [0.15, 0.2) is 5.82 Å². The molecule has 0 radical (unpaired) electrons. The molecule has 0 aliphatic carbocycles. The summed E-state index contributed by atoms with van der Waals surface area (Å²) >= 11 is 13.3. The lowest BCUT2D eigenvalue weighted by Crippen LogP contribution is -2.48. The van der Waals surface area contributed by atoms with Crippen molar-refractivity contribution in [1.29, 1.82) is 0 Å². The van der Waals surface area contributed by atoms with Crippen LogP contribution in [0.15, 0.2) is 106 Å². The number of halogens is 2. The van der Waals surface area contributed by atoms with Crippen LogP contribution in [0.1, 0.15) is 48.2 Å². The summed E-state index contributed by atoms with van der Waals surface area (Å²) in [4.78, 5) is 20.6. The Kier molecular flexibility index (Phi) is 7.07. The number of hydrogen-bond acceptors (Lipinski definition) is 6. The van der Waals surface area contributed by atoms with Crippen LogP contribution in [-0.4, -0.2) is 29.9 Å². The number of aliphatic imine (C=N–C) groups is 1. The van der Waals surface area contributed by atoms with Gasteiger partial charge in [0.05, 0.1) is 48.6 Å². The van der Waals surface area contributed by atoms with Gasteiger partial charge in [0.1, 0.15) is 0 Å². The van der Waals surface area contributed by atoms with Gasteiger partial charge < -0.3 is 10.2 Å². The number of rotatable bonds is 5. The van der Waals surface area contributed by atoms with Crippen LogP contribution in [0.5, 0.6) is 0 Å². The third-order valence-corrected chi connectivity index (χ3v) is 10.8. The van der Waals surface area contributed by atoms with Crippen LogP contribution in [0.2, 0.25) is 10.0 Å². The number of nitrogens with zero attached hydrogens (tertiary/aromatic N) is 4. The highest BCUT2D eigenvalue weighted by atomic mass is 35.5. The van der Waals surface area contributed by atoms with Crippen LogP contribution in [0, 0.1) is 6.92 Å². The van der Waals surface area contributed by atoms with Gasteiger partial charge >= 0.3 is 0 Å². The Labute approximate surface area is 270 Å². The molecule has 1 atom stereocenters. The largest absolute Gasteiger partial charge is 0.317 e. The quantitative estimate of drug-likeness (QED) is 0.207. The van der Waals surface area contributed by atoms with Crippen LogP contribution in [-0.2, 0) is 14.6 Å². The minimum atomic E-state index is -3.74. The molecule has 11 heteroatoms. The van der Waals surface area contributed by atoms with Gasteiger partial charge in [0, 0.05) is 5.56 Å². The molecule has 3 heterocycles. The van der Waals surface area contributed by atoms with Crippen molar-refractivity contribution in [2.24, 2.45) is 4.99 Å². The zero-order valence-corrected chi connectivity index (χ0v) is 26.8. The van der Waals surface area contributed by atoms with Crippen LogP contribution in [0.25, 0.3) is 5.69 Å². The molecule has 1 N–H and O–H groups in total. The second-order valence-electron chi connectivity index (χ2n) is 11.3. The highest BCUT2D eigenvalue weighted by Gasteiger charge is 2.43. The van der Waals surface area contributed by atoms with E-state index in [1.54, 1.807) is 47.1 Å². The highest BCUT2D eigenvalue weighted by molar-refractivity contribution is 7.91. The first-order valence-corrected chi connectivity index (χ1v) is 16.6. The summed E-state index contributed by atoms with van der Waals surface area (Å²) in [6.45, 7) is 5.99. The lowest BCUT2D eigenvalue weighted by atomic mass is 9.93. The van der Waals surface area contributed by atoms with Gasteiger partial charge in [-0.1, -0.05) is 73.4 Å². The fourth-order valence-corrected chi connectivity index (χ4v) is 7.55. The Balaban J connectivity index is 1.36. The van der Waals surface area contributed by atoms with Crippen molar-refractivity contribution in [1.82, 2.24) is 9.78 Å². The predicted molar refractivity (Wildman–Crippen MR) is 177 cm³/mol. The van der Waals surface area contributed by atoms with Gasteiger partial charge in [-0.15, -0.1) is 0 Å². The monoisotopic (exact) mass is 655 g/mol. The van der Waals surface area contributed by atoms with E-state index in [9.17, 15) is 13.2 Å². The summed E-state index contributed by atoms with van der Waals surface area (Å²) in [5.74, 6) is 0.531. The molecule has 0 fully saturated rings. The van der Waals surface area contributed by atoms with E-state index in [-0.39, 0.29) is 21.5 Å². The summed E-state index contributed by atoms with van der Waals surface area (Å²) < 4.78 is 28.5. The molecule has 2 aliphatic heterocycles. The number of aromatic nitrogens is 2. The molecule has 0 saturated carbocycles. The first-order chi connectivity index (χ1) is 21.6. The van der Waals surface area contributed by atoms with Crippen molar-refractivity contribution in [2.75, 3.05) is 10.2 Å². The summed E-state index contributed by atoms with van der Waals surface area (Å²) in [7, 11) is -3.74. The molecule has 5 aromatic rings. The third kappa shape index (κ3) is 4.74. The first-order valence-electron chi connectivity index (χ1n) is 14.3. The second kappa shape index (κ2) is 10.9. The van der Waals surface area contributed by atoms with Gasteiger partial charge in [-0.05, 0) is 78.6 Å². The Bertz CT molecular complexity index is 2140. The first kappa shape index (κ1) is 29.3. The SMILES string of the molecule is Cc1nn(-c2ccc(S(=O)(=O)c3ccc(C(C)C)cc3)cc2)c2c1[C@H](c1cccc(Cl)c1Cl)N1C(=N2)C(=O)Nc2ccccc21. The van der Waals surface area contributed by atoms with Gasteiger partial charge in [-0.3, -0.25) is 4.79 Å². The number of benzene rings is 4. The third-order valence-electron chi connectivity index (χ3n) is 8.19. The Morgan fingerprint density at radius 1 is 0.867 bits per heavy atom. The van der Waals surface area contributed by atoms with Crippen molar-refractivity contribution < 1.29 is 13.2 Å². The van der Waals surface area contributed by atoms with E-state index < -0.39 is 15.9 Å². The normalized spacial score (nSPS) is 15.7. The molecule has 2 aliphatic rings. The van der Waals surface area contributed by atoms with E-state index in [1.807, 2.05) is 60.4 Å². The Hall–Kier alpha value is -4.44. The van der Waals surface area contributed by atoms with E-state index in [1.165, 1.54) is 0 Å². The summed E-state index contributed by atoms with van der Waals surface area (Å²) in [5, 5.41) is 8.52. The van der Waals surface area contributed by atoms with Crippen molar-refractivity contribution >= 4 is 62.0 Å². The topological polar surface area (TPSA) is 96.7 Å². The maximum Gasteiger partial charge on any atom is 0.291 e. The molecule has 45 heavy (non-hydrogen) atoms. The molecule has 1 aromatic heterocycles. The molecular weight excluding hydrogens is 629 g/mol. The molecule has 7 rings (SSSR count). The minimum Gasteiger partial charge on any atom is -0.317 e. The number of para-hydroxylation sites is 2. The average molecular weight is 657 g/mol. The zero-order valence-electron chi connectivity index (χ0n) is 24.5. The standard InChI is InChI=1S/C34H27Cl2N5O3S/c1-19(2)21-11-15-23(16-12-21)45(43,44)24-17-13-22(14-18-24)41-32-29(20(3)39-41)31(25-7-6-8-26(35)30(25)36)40-28-10-5-4-9-27(28)37-34(42)33(40)38-32/h4-19,31H,1-3H3,(H,37,42)/t31-/m0/s1. The lowest BCUT2D eigenvalue weighted by molar-refractivity contribution is -0.110. The Morgan fingerprint density at radius 3 is 2.22 bits per heavy atom. The molecule has 226 valence electrons. The number of nitrogens with one attached hydrogen (secondary N) is 1. The fraction of sp³-hybridized carbons (Fsp3) is 0.147. The van der Waals surface area contributed by atoms with E-state index in [2.05, 4.69) is 19.2 Å². The number of anilines is 2. The molecule has 0 unspecified atom stereocenters. The van der Waals surface area contributed by atoms with Crippen molar-refractivity contribution in [3.63, 3.8) is 0 Å². The molecule has 0 saturated heterocycles. The van der Waals surface area contributed by atoms with Crippen LogP contribution in [0.4, 0.5) is 17.2 Å². The summed E-state index contributed by atoms with van der Waals surface area (Å²) in [6, 6.07) is 25.8. The van der Waals surface area contributed by atoms with Crippen molar-refractivity contribution in [3.8, 4) is 5.69 Å². The summed E-state index contributed by atoms with van der Waals surface area (Å²) in [5.41, 5.74) is 5.15. The number of amides is 1. The van der Waals surface area contributed by atoms with E-state index in [0.29, 0.717) is 44.4 Å². The highest BCUT2D eigenvalue weighted by Crippen LogP contribution is 2.49. The molecule has 0 spiro atoms. The van der Waals surface area contributed by atoms with Crippen molar-refractivity contribution in [3.05, 3.63) is 123 Å². The van der Waals surface area contributed by atoms with Gasteiger partial charge in [-0.2, -0.15) is 5.10 Å². The Morgan fingerprint density at radius 2 is 1.53 bits per heavy atom. The predicted octanol–water partition coefficient (Wildman–Crippen LogP) is 8.04. The maximum atomic E-state index is 13.5. The number of fused-ring (bicyclic) bond motifs is 4. The maximum absolute atomic E-state index is 13.5. The average Bonchev–Trinajstić information content (AvgIpc) is 3.37. The molecular formula is C34H27Cl2N5O3S. The van der Waals surface area contributed by atoms with Gasteiger partial charge in [0.2, 0.25) is 15.7 Å².